The molecule has 102 valence electrons. The molecule has 1 heterocycles. The molecule has 0 aliphatic carbocycles. The second-order valence-corrected chi connectivity index (χ2v) is 5.39. The van der Waals surface area contributed by atoms with E-state index in [4.69, 9.17) is 23.2 Å². The van der Waals surface area contributed by atoms with Gasteiger partial charge in [-0.15, -0.1) is 0 Å². The Hall–Kier alpha value is -0.710. The normalized spacial score (nSPS) is 12.9. The van der Waals surface area contributed by atoms with Crippen LogP contribution < -0.4 is 0 Å². The third kappa shape index (κ3) is 3.19. The van der Waals surface area contributed by atoms with E-state index in [1.54, 1.807) is 29.5 Å². The van der Waals surface area contributed by atoms with Crippen LogP contribution in [0.2, 0.25) is 10.2 Å². The molecule has 1 amide bonds. The van der Waals surface area contributed by atoms with E-state index < -0.39 is 6.10 Å². The van der Waals surface area contributed by atoms with E-state index in [1.165, 1.54) is 0 Å². The smallest absolute Gasteiger partial charge is 0.270 e. The van der Waals surface area contributed by atoms with E-state index in [2.05, 4.69) is 0 Å². The number of aliphatic hydroxyl groups is 1. The van der Waals surface area contributed by atoms with Crippen molar-refractivity contribution in [1.29, 1.82) is 0 Å². The lowest BCUT2D eigenvalue weighted by Crippen LogP contribution is -2.42. The number of aliphatic hydroxyl groups excluding tert-OH is 1. The summed E-state index contributed by atoms with van der Waals surface area (Å²) >= 11 is 11.8. The quantitative estimate of drug-likeness (QED) is 0.927. The molecule has 6 heteroatoms. The van der Waals surface area contributed by atoms with Gasteiger partial charge >= 0.3 is 0 Å². The van der Waals surface area contributed by atoms with Gasteiger partial charge in [0.2, 0.25) is 0 Å². The summed E-state index contributed by atoms with van der Waals surface area (Å²) in [5, 5.41) is 10.1. The van der Waals surface area contributed by atoms with Crippen molar-refractivity contribution >= 4 is 29.1 Å². The number of hydrogen-bond donors (Lipinski definition) is 1. The molecule has 1 aromatic heterocycles. The molecule has 1 aromatic rings. The Morgan fingerprint density at radius 2 is 2.00 bits per heavy atom. The van der Waals surface area contributed by atoms with Gasteiger partial charge in [0.15, 0.2) is 0 Å². The van der Waals surface area contributed by atoms with Crippen molar-refractivity contribution in [3.63, 3.8) is 0 Å². The average molecular weight is 293 g/mol. The maximum atomic E-state index is 12.4. The van der Waals surface area contributed by atoms with Gasteiger partial charge in [0.25, 0.3) is 5.91 Å². The number of hydrogen-bond acceptors (Lipinski definition) is 2. The van der Waals surface area contributed by atoms with Gasteiger partial charge in [0.05, 0.1) is 11.1 Å². The molecule has 18 heavy (non-hydrogen) atoms. The summed E-state index contributed by atoms with van der Waals surface area (Å²) in [5.74, 6) is -0.192. The molecule has 0 saturated carbocycles. The number of carbonyl (C=O) groups excluding carboxylic acids is 1. The van der Waals surface area contributed by atoms with Gasteiger partial charge in [-0.1, -0.05) is 23.2 Å². The fourth-order valence-electron chi connectivity index (χ4n) is 1.71. The Morgan fingerprint density at radius 1 is 1.44 bits per heavy atom. The Morgan fingerprint density at radius 3 is 2.33 bits per heavy atom. The molecule has 1 atom stereocenters. The van der Waals surface area contributed by atoms with Gasteiger partial charge in [0.1, 0.15) is 10.8 Å². The summed E-state index contributed by atoms with van der Waals surface area (Å²) < 4.78 is 1.55. The van der Waals surface area contributed by atoms with E-state index in [-0.39, 0.29) is 18.5 Å². The van der Waals surface area contributed by atoms with E-state index in [0.717, 1.165) is 0 Å². The van der Waals surface area contributed by atoms with Crippen LogP contribution in [0.15, 0.2) is 6.07 Å². The molecule has 0 aromatic carbocycles. The number of carbonyl (C=O) groups is 1. The Bertz CT molecular complexity index is 442. The molecule has 1 N–H and O–H groups in total. The molecular weight excluding hydrogens is 275 g/mol. The summed E-state index contributed by atoms with van der Waals surface area (Å²) in [6.45, 7) is 5.71. The highest BCUT2D eigenvalue weighted by atomic mass is 35.5. The third-order valence-corrected chi connectivity index (χ3v) is 3.52. The summed E-state index contributed by atoms with van der Waals surface area (Å²) in [6, 6.07) is 1.53. The lowest BCUT2D eigenvalue weighted by Gasteiger charge is -2.28. The summed E-state index contributed by atoms with van der Waals surface area (Å²) in [7, 11) is 1.68. The van der Waals surface area contributed by atoms with Crippen LogP contribution in [0.3, 0.4) is 0 Å². The van der Waals surface area contributed by atoms with E-state index in [0.29, 0.717) is 15.9 Å². The van der Waals surface area contributed by atoms with Crippen LogP contribution in [-0.2, 0) is 7.05 Å². The third-order valence-electron chi connectivity index (χ3n) is 2.68. The number of amides is 1. The molecule has 0 radical (unpaired) electrons. The fraction of sp³-hybridized carbons (Fsp3) is 0.583. The van der Waals surface area contributed by atoms with Crippen molar-refractivity contribution < 1.29 is 9.90 Å². The van der Waals surface area contributed by atoms with Gasteiger partial charge < -0.3 is 14.6 Å². The highest BCUT2D eigenvalue weighted by molar-refractivity contribution is 6.41. The number of rotatable bonds is 4. The molecule has 0 aliphatic rings. The standard InChI is InChI=1S/C12H18Cl2N2O2/c1-7(2)16(6-8(3)17)12(18)10-5-9(13)11(14)15(10)4/h5,7-8,17H,6H2,1-4H3. The second-order valence-electron chi connectivity index (χ2n) is 4.63. The first-order valence-electron chi connectivity index (χ1n) is 5.75. The SMILES string of the molecule is CC(O)CN(C(=O)c1cc(Cl)c(Cl)n1C)C(C)C. The first-order chi connectivity index (χ1) is 8.25. The van der Waals surface area contributed by atoms with Gasteiger partial charge in [-0.3, -0.25) is 4.79 Å². The number of nitrogens with zero attached hydrogens (tertiary/aromatic N) is 2. The monoisotopic (exact) mass is 292 g/mol. The molecule has 0 fully saturated rings. The zero-order valence-corrected chi connectivity index (χ0v) is 12.5. The van der Waals surface area contributed by atoms with Crippen LogP contribution in [0, 0.1) is 0 Å². The molecule has 1 unspecified atom stereocenters. The minimum absolute atomic E-state index is 0.0143. The molecule has 0 bridgehead atoms. The lowest BCUT2D eigenvalue weighted by molar-refractivity contribution is 0.0569. The van der Waals surface area contributed by atoms with Crippen molar-refractivity contribution in [3.8, 4) is 0 Å². The predicted octanol–water partition coefficient (Wildman–Crippen LogP) is 2.56. The Labute approximate surface area is 117 Å². The van der Waals surface area contributed by atoms with Crippen LogP contribution in [-0.4, -0.2) is 39.2 Å². The molecular formula is C12H18Cl2N2O2. The number of aromatic nitrogens is 1. The predicted molar refractivity (Wildman–Crippen MR) is 73.3 cm³/mol. The van der Waals surface area contributed by atoms with E-state index in [1.807, 2.05) is 13.8 Å². The minimum Gasteiger partial charge on any atom is -0.392 e. The fourth-order valence-corrected chi connectivity index (χ4v) is 2.08. The zero-order valence-electron chi connectivity index (χ0n) is 10.9. The first kappa shape index (κ1) is 15.3. The average Bonchev–Trinajstić information content (AvgIpc) is 2.52. The van der Waals surface area contributed by atoms with Crippen molar-refractivity contribution in [2.45, 2.75) is 32.9 Å². The summed E-state index contributed by atoms with van der Waals surface area (Å²) in [6.07, 6.45) is -0.581. The highest BCUT2D eigenvalue weighted by Gasteiger charge is 2.24. The Balaban J connectivity index is 3.06. The van der Waals surface area contributed by atoms with Gasteiger partial charge in [0, 0.05) is 19.6 Å². The summed E-state index contributed by atoms with van der Waals surface area (Å²) in [5.41, 5.74) is 0.416. The van der Waals surface area contributed by atoms with Crippen LogP contribution in [0.5, 0.6) is 0 Å². The van der Waals surface area contributed by atoms with Crippen molar-refractivity contribution in [2.24, 2.45) is 7.05 Å². The molecule has 0 aliphatic heterocycles. The van der Waals surface area contributed by atoms with Crippen molar-refractivity contribution in [2.75, 3.05) is 6.54 Å². The maximum absolute atomic E-state index is 12.4. The molecule has 0 saturated heterocycles. The minimum atomic E-state index is -0.581. The highest BCUT2D eigenvalue weighted by Crippen LogP contribution is 2.26. The van der Waals surface area contributed by atoms with E-state index in [9.17, 15) is 9.90 Å². The number of halogens is 2. The first-order valence-corrected chi connectivity index (χ1v) is 6.51. The van der Waals surface area contributed by atoms with Crippen LogP contribution in [0.4, 0.5) is 0 Å². The zero-order chi connectivity index (χ0) is 14.0. The molecule has 4 nitrogen and oxygen atoms in total. The summed E-state index contributed by atoms with van der Waals surface area (Å²) in [4.78, 5) is 14.0. The van der Waals surface area contributed by atoms with Crippen LogP contribution in [0.1, 0.15) is 31.3 Å². The maximum Gasteiger partial charge on any atom is 0.270 e. The Kier molecular flexibility index (Phi) is 5.08. The topological polar surface area (TPSA) is 45.5 Å². The largest absolute Gasteiger partial charge is 0.392 e. The second kappa shape index (κ2) is 5.95. The van der Waals surface area contributed by atoms with Gasteiger partial charge in [-0.05, 0) is 26.8 Å². The van der Waals surface area contributed by atoms with Gasteiger partial charge in [-0.2, -0.15) is 0 Å². The van der Waals surface area contributed by atoms with Crippen molar-refractivity contribution in [3.05, 3.63) is 21.9 Å². The van der Waals surface area contributed by atoms with Gasteiger partial charge in [-0.25, -0.2) is 0 Å². The van der Waals surface area contributed by atoms with Crippen LogP contribution >= 0.6 is 23.2 Å². The lowest BCUT2D eigenvalue weighted by atomic mass is 10.2. The molecule has 0 spiro atoms. The molecule has 1 rings (SSSR count). The van der Waals surface area contributed by atoms with Crippen LogP contribution in [0.25, 0.3) is 0 Å². The van der Waals surface area contributed by atoms with Crippen molar-refractivity contribution in [1.82, 2.24) is 9.47 Å². The van der Waals surface area contributed by atoms with E-state index >= 15 is 0 Å².